The van der Waals surface area contributed by atoms with E-state index in [4.69, 9.17) is 12.2 Å². The van der Waals surface area contributed by atoms with Gasteiger partial charge in [-0.05, 0) is 48.6 Å². The molecule has 3 nitrogen and oxygen atoms in total. The zero-order chi connectivity index (χ0) is 17.3. The molecule has 3 rings (SSSR count). The quantitative estimate of drug-likeness (QED) is 0.735. The highest BCUT2D eigenvalue weighted by molar-refractivity contribution is 7.80. The summed E-state index contributed by atoms with van der Waals surface area (Å²) in [6, 6.07) is 10.9. The highest BCUT2D eigenvalue weighted by Crippen LogP contribution is 2.19. The van der Waals surface area contributed by atoms with Crippen LogP contribution < -0.4 is 5.32 Å². The third-order valence-corrected chi connectivity index (χ3v) is 5.96. The van der Waals surface area contributed by atoms with E-state index in [0.717, 1.165) is 23.9 Å². The van der Waals surface area contributed by atoms with E-state index in [-0.39, 0.29) is 0 Å². The average Bonchev–Trinajstić information content (AvgIpc) is 3.10. The van der Waals surface area contributed by atoms with Crippen LogP contribution >= 0.6 is 23.6 Å². The molecule has 1 aliphatic carbocycles. The van der Waals surface area contributed by atoms with E-state index in [1.807, 2.05) is 18.3 Å². The van der Waals surface area contributed by atoms with Crippen molar-refractivity contribution in [2.75, 3.05) is 0 Å². The third kappa shape index (κ3) is 6.08. The van der Waals surface area contributed by atoms with Crippen molar-refractivity contribution < 1.29 is 0 Å². The Morgan fingerprint density at radius 2 is 1.88 bits per heavy atom. The first-order valence-electron chi connectivity index (χ1n) is 9.29. The number of hydrogen-bond donors (Lipinski definition) is 1. The van der Waals surface area contributed by atoms with Gasteiger partial charge in [0.25, 0.3) is 0 Å². The Balaban J connectivity index is 1.65. The molecular formula is C20H27N3S2. The fourth-order valence-electron chi connectivity index (χ4n) is 3.34. The molecule has 0 bridgehead atoms. The summed E-state index contributed by atoms with van der Waals surface area (Å²) in [5, 5.41) is 6.64. The molecule has 0 unspecified atom stereocenters. The second-order valence-electron chi connectivity index (χ2n) is 6.75. The van der Waals surface area contributed by atoms with Crippen molar-refractivity contribution in [1.82, 2.24) is 15.2 Å². The molecule has 0 atom stereocenters. The molecule has 0 spiro atoms. The summed E-state index contributed by atoms with van der Waals surface area (Å²) >= 11 is 7.58. The van der Waals surface area contributed by atoms with Crippen molar-refractivity contribution in [3.63, 3.8) is 0 Å². The minimum atomic E-state index is 0.516. The molecular weight excluding hydrogens is 346 g/mol. The summed E-state index contributed by atoms with van der Waals surface area (Å²) in [5.74, 6) is 0. The predicted molar refractivity (Wildman–Crippen MR) is 110 cm³/mol. The second-order valence-corrected chi connectivity index (χ2v) is 8.17. The summed E-state index contributed by atoms with van der Waals surface area (Å²) in [5.41, 5.74) is 1.06. The Kier molecular flexibility index (Phi) is 7.24. The first kappa shape index (κ1) is 18.3. The normalized spacial score (nSPS) is 16.0. The van der Waals surface area contributed by atoms with Gasteiger partial charge in [0, 0.05) is 17.1 Å². The van der Waals surface area contributed by atoms with Gasteiger partial charge < -0.3 is 10.2 Å². The van der Waals surface area contributed by atoms with E-state index >= 15 is 0 Å². The lowest BCUT2D eigenvalue weighted by molar-refractivity contribution is 0.369. The minimum absolute atomic E-state index is 0.516. The van der Waals surface area contributed by atoms with Gasteiger partial charge in [0.05, 0.1) is 18.8 Å². The summed E-state index contributed by atoms with van der Waals surface area (Å²) in [4.78, 5) is 8.06. The molecule has 2 heterocycles. The molecule has 2 aromatic heterocycles. The zero-order valence-electron chi connectivity index (χ0n) is 14.7. The lowest BCUT2D eigenvalue weighted by atomic mass is 9.97. The third-order valence-electron chi connectivity index (χ3n) is 4.73. The van der Waals surface area contributed by atoms with Crippen LogP contribution in [0.4, 0.5) is 0 Å². The number of thiophene rings is 1. The predicted octanol–water partition coefficient (Wildman–Crippen LogP) is 5.13. The SMILES string of the molecule is S=C(NC1CCCCCCC1)N(Cc1ccccn1)Cc1cccs1. The lowest BCUT2D eigenvalue weighted by Gasteiger charge is -2.29. The molecule has 0 saturated heterocycles. The molecule has 1 saturated carbocycles. The van der Waals surface area contributed by atoms with Crippen LogP contribution in [0, 0.1) is 0 Å². The number of nitrogens with zero attached hydrogens (tertiary/aromatic N) is 2. The van der Waals surface area contributed by atoms with Gasteiger partial charge in [-0.25, -0.2) is 0 Å². The monoisotopic (exact) mass is 373 g/mol. The summed E-state index contributed by atoms with van der Waals surface area (Å²) in [7, 11) is 0. The van der Waals surface area contributed by atoms with Crippen molar-refractivity contribution in [1.29, 1.82) is 0 Å². The molecule has 5 heteroatoms. The topological polar surface area (TPSA) is 28.2 Å². The largest absolute Gasteiger partial charge is 0.360 e. The zero-order valence-corrected chi connectivity index (χ0v) is 16.3. The molecule has 2 aromatic rings. The Labute approximate surface area is 160 Å². The highest BCUT2D eigenvalue weighted by Gasteiger charge is 2.17. The van der Waals surface area contributed by atoms with Gasteiger partial charge in [-0.2, -0.15) is 0 Å². The van der Waals surface area contributed by atoms with Crippen LogP contribution in [0.2, 0.25) is 0 Å². The maximum atomic E-state index is 5.80. The number of pyridine rings is 1. The smallest absolute Gasteiger partial charge is 0.169 e. The maximum Gasteiger partial charge on any atom is 0.169 e. The van der Waals surface area contributed by atoms with Gasteiger partial charge in [0.15, 0.2) is 5.11 Å². The summed E-state index contributed by atoms with van der Waals surface area (Å²) in [6.07, 6.45) is 11.0. The van der Waals surface area contributed by atoms with Crippen LogP contribution in [-0.2, 0) is 13.1 Å². The molecule has 0 radical (unpaired) electrons. The summed E-state index contributed by atoms with van der Waals surface area (Å²) in [6.45, 7) is 1.59. The van der Waals surface area contributed by atoms with Crippen LogP contribution in [0.15, 0.2) is 41.9 Å². The molecule has 0 aliphatic heterocycles. The Morgan fingerprint density at radius 3 is 2.56 bits per heavy atom. The van der Waals surface area contributed by atoms with Crippen LogP contribution in [0.1, 0.15) is 55.5 Å². The van der Waals surface area contributed by atoms with E-state index in [9.17, 15) is 0 Å². The molecule has 0 amide bonds. The van der Waals surface area contributed by atoms with E-state index in [1.165, 1.54) is 49.8 Å². The standard InChI is InChI=1S/C20H27N3S2/c24-20(22-17-9-4-2-1-3-5-10-17)23(16-19-12-8-14-25-19)15-18-11-6-7-13-21-18/h6-8,11-14,17H,1-5,9-10,15-16H2,(H,22,24). The molecule has 1 N–H and O–H groups in total. The number of nitrogens with one attached hydrogen (secondary N) is 1. The Bertz CT molecular complexity index is 620. The maximum absolute atomic E-state index is 5.80. The van der Waals surface area contributed by atoms with Gasteiger partial charge in [-0.3, -0.25) is 4.98 Å². The fraction of sp³-hybridized carbons (Fsp3) is 0.500. The van der Waals surface area contributed by atoms with Crippen LogP contribution in [-0.4, -0.2) is 21.0 Å². The number of thiocarbonyl (C=S) groups is 1. The van der Waals surface area contributed by atoms with Crippen LogP contribution in [0.5, 0.6) is 0 Å². The average molecular weight is 374 g/mol. The van der Waals surface area contributed by atoms with Crippen LogP contribution in [0.3, 0.4) is 0 Å². The summed E-state index contributed by atoms with van der Waals surface area (Å²) < 4.78 is 0. The minimum Gasteiger partial charge on any atom is -0.360 e. The molecule has 25 heavy (non-hydrogen) atoms. The van der Waals surface area contributed by atoms with Crippen molar-refractivity contribution in [3.8, 4) is 0 Å². The molecule has 1 aliphatic rings. The first-order valence-corrected chi connectivity index (χ1v) is 10.6. The van der Waals surface area contributed by atoms with E-state index < -0.39 is 0 Å². The van der Waals surface area contributed by atoms with Gasteiger partial charge in [-0.15, -0.1) is 11.3 Å². The van der Waals surface area contributed by atoms with Crippen molar-refractivity contribution in [3.05, 3.63) is 52.5 Å². The van der Waals surface area contributed by atoms with Gasteiger partial charge >= 0.3 is 0 Å². The van der Waals surface area contributed by atoms with Crippen molar-refractivity contribution in [2.45, 2.75) is 64.1 Å². The van der Waals surface area contributed by atoms with E-state index in [1.54, 1.807) is 11.3 Å². The highest BCUT2D eigenvalue weighted by atomic mass is 32.1. The Morgan fingerprint density at radius 1 is 1.08 bits per heavy atom. The van der Waals surface area contributed by atoms with Crippen LogP contribution in [0.25, 0.3) is 0 Å². The number of rotatable bonds is 5. The van der Waals surface area contributed by atoms with Gasteiger partial charge in [0.1, 0.15) is 0 Å². The Hall–Kier alpha value is -1.46. The lowest BCUT2D eigenvalue weighted by Crippen LogP contribution is -2.44. The van der Waals surface area contributed by atoms with Crippen molar-refractivity contribution >= 4 is 28.7 Å². The fourth-order valence-corrected chi connectivity index (χ4v) is 4.36. The molecule has 134 valence electrons. The second kappa shape index (κ2) is 9.88. The first-order chi connectivity index (χ1) is 12.3. The van der Waals surface area contributed by atoms with Gasteiger partial charge in [-0.1, -0.05) is 44.2 Å². The van der Waals surface area contributed by atoms with Gasteiger partial charge in [0.2, 0.25) is 0 Å². The molecule has 0 aromatic carbocycles. The molecule has 1 fully saturated rings. The van der Waals surface area contributed by atoms with E-state index in [0.29, 0.717) is 6.04 Å². The number of aromatic nitrogens is 1. The van der Waals surface area contributed by atoms with Crippen molar-refractivity contribution in [2.24, 2.45) is 0 Å². The van der Waals surface area contributed by atoms with E-state index in [2.05, 4.69) is 38.8 Å². The number of hydrogen-bond acceptors (Lipinski definition) is 3.